The van der Waals surface area contributed by atoms with Gasteiger partial charge in [0.2, 0.25) is 29.5 Å². The summed E-state index contributed by atoms with van der Waals surface area (Å²) in [5, 5.41) is 13.8. The van der Waals surface area contributed by atoms with Crippen LogP contribution in [0.2, 0.25) is 0 Å². The van der Waals surface area contributed by atoms with Gasteiger partial charge in [-0.2, -0.15) is 0 Å². The zero-order chi connectivity index (χ0) is 49.0. The van der Waals surface area contributed by atoms with Gasteiger partial charge in [-0.15, -0.1) is 0 Å². The van der Waals surface area contributed by atoms with Crippen LogP contribution < -0.4 is 26.6 Å². The van der Waals surface area contributed by atoms with Crippen LogP contribution in [0.5, 0.6) is 0 Å². The molecule has 5 unspecified atom stereocenters. The smallest absolute Gasteiger partial charge is 0.303 e. The second kappa shape index (κ2) is 37.4. The van der Waals surface area contributed by atoms with Crippen LogP contribution in [0.25, 0.3) is 0 Å². The van der Waals surface area contributed by atoms with E-state index in [-0.39, 0.29) is 95.9 Å². The Balaban J connectivity index is 2.14. The van der Waals surface area contributed by atoms with E-state index < -0.39 is 54.5 Å². The molecule has 0 saturated carbocycles. The number of allylic oxidation sites excluding steroid dienone is 2. The summed E-state index contributed by atoms with van der Waals surface area (Å²) in [4.78, 5) is 96.3. The van der Waals surface area contributed by atoms with Crippen molar-refractivity contribution in [3.05, 3.63) is 11.8 Å². The number of hydrogen-bond donors (Lipinski definition) is 5. The lowest BCUT2D eigenvalue weighted by atomic mass is 9.96. The first kappa shape index (κ1) is 59.3. The van der Waals surface area contributed by atoms with Crippen molar-refractivity contribution in [1.29, 1.82) is 0 Å². The van der Waals surface area contributed by atoms with E-state index in [0.717, 1.165) is 70.9 Å². The maximum absolute atomic E-state index is 12.4. The molecule has 0 aliphatic carbocycles. The predicted molar refractivity (Wildman–Crippen MR) is 239 cm³/mol. The molecular formula is C45H77N5O16. The number of amides is 5. The number of carbonyl (C=O) groups is 8. The molecule has 1 heterocycles. The maximum Gasteiger partial charge on any atom is 0.303 e. The number of carbonyl (C=O) groups excluding carboxylic acids is 8. The fourth-order valence-corrected chi connectivity index (χ4v) is 6.46. The summed E-state index contributed by atoms with van der Waals surface area (Å²) in [5.74, 6) is -3.04. The Bertz CT molecular complexity index is 1500. The average Bonchev–Trinajstić information content (AvgIpc) is 3.27. The van der Waals surface area contributed by atoms with E-state index in [0.29, 0.717) is 32.4 Å². The summed E-state index contributed by atoms with van der Waals surface area (Å²) in [6, 6.07) is -1.08. The minimum atomic E-state index is -1.22. The molecule has 0 spiro atoms. The van der Waals surface area contributed by atoms with Crippen molar-refractivity contribution in [1.82, 2.24) is 26.6 Å². The highest BCUT2D eigenvalue weighted by atomic mass is 16.7. The van der Waals surface area contributed by atoms with E-state index in [1.807, 2.05) is 19.9 Å². The van der Waals surface area contributed by atoms with Gasteiger partial charge in [-0.25, -0.2) is 0 Å². The van der Waals surface area contributed by atoms with E-state index in [1.165, 1.54) is 6.92 Å². The molecule has 21 nitrogen and oxygen atoms in total. The van der Waals surface area contributed by atoms with Crippen molar-refractivity contribution >= 4 is 47.4 Å². The number of nitrogens with one attached hydrogen (secondary N) is 5. The standard InChI is InChI=1S/C45H77N5O16/c1-7-17-35(8-2)49-40(57)19-15-13-11-10-12-14-18-39(56)48-30-41(58)46-21-16-20-38(55)47-22-23-59-24-25-60-26-27-61-28-29-62-45-42(50-37(54)9-3)44(65-34(6)53)43(64-33(5)52)36(66-45)31-63-32(4)51/h17,36,42-45H,7-16,18-31H2,1-6H3,(H,46,58)(H,47,55)(H,48,56)(H,49,57)(H,50,54)/b35-17+. The number of hydrogen-bond acceptors (Lipinski definition) is 16. The largest absolute Gasteiger partial charge is 0.463 e. The molecule has 5 amide bonds. The molecule has 0 bridgehead atoms. The van der Waals surface area contributed by atoms with Gasteiger partial charge in [0.1, 0.15) is 18.8 Å². The maximum atomic E-state index is 12.4. The average molecular weight is 944 g/mol. The molecule has 66 heavy (non-hydrogen) atoms. The highest BCUT2D eigenvalue weighted by Crippen LogP contribution is 2.28. The molecule has 0 aromatic carbocycles. The van der Waals surface area contributed by atoms with Gasteiger partial charge >= 0.3 is 17.9 Å². The minimum absolute atomic E-state index is 0.0108. The molecule has 5 atom stereocenters. The third kappa shape index (κ3) is 29.8. The number of rotatable bonds is 37. The fraction of sp³-hybridized carbons (Fsp3) is 0.778. The molecule has 1 rings (SSSR count). The van der Waals surface area contributed by atoms with Gasteiger partial charge in [0.05, 0.1) is 52.8 Å². The summed E-state index contributed by atoms with van der Waals surface area (Å²) in [6.45, 7) is 10.8. The highest BCUT2D eigenvalue weighted by molar-refractivity contribution is 5.84. The molecular weight excluding hydrogens is 867 g/mol. The number of ether oxygens (including phenoxy) is 8. The molecule has 378 valence electrons. The van der Waals surface area contributed by atoms with Gasteiger partial charge in [0, 0.05) is 65.2 Å². The summed E-state index contributed by atoms with van der Waals surface area (Å²) in [7, 11) is 0. The molecule has 1 aliphatic heterocycles. The molecule has 1 saturated heterocycles. The van der Waals surface area contributed by atoms with E-state index in [2.05, 4.69) is 26.6 Å². The normalized spacial score (nSPS) is 18.1. The van der Waals surface area contributed by atoms with Crippen LogP contribution in [0, 0.1) is 0 Å². The SMILES string of the molecule is CC/C=C(\CC)NC(=O)CCCCCCCCC(=O)NCC(=O)NCCCC(=O)NCCOCCOCCOCCOC1OC(COC(C)=O)C(OC(C)=O)C(OC(C)=O)C1NC(=O)CC. The van der Waals surface area contributed by atoms with Crippen molar-refractivity contribution < 1.29 is 76.3 Å². The summed E-state index contributed by atoms with van der Waals surface area (Å²) >= 11 is 0. The van der Waals surface area contributed by atoms with Crippen LogP contribution in [0.15, 0.2) is 11.8 Å². The van der Waals surface area contributed by atoms with Crippen LogP contribution in [0.4, 0.5) is 0 Å². The zero-order valence-electron chi connectivity index (χ0n) is 40.0. The number of unbranched alkanes of at least 4 members (excludes halogenated alkanes) is 5. The second-order valence-corrected chi connectivity index (χ2v) is 15.4. The predicted octanol–water partition coefficient (Wildman–Crippen LogP) is 2.17. The number of esters is 3. The first-order valence-corrected chi connectivity index (χ1v) is 23.3. The van der Waals surface area contributed by atoms with E-state index in [1.54, 1.807) is 6.92 Å². The Labute approximate surface area is 389 Å². The topological polar surface area (TPSA) is 271 Å². The molecule has 1 aliphatic rings. The lowest BCUT2D eigenvalue weighted by Gasteiger charge is -2.45. The van der Waals surface area contributed by atoms with Crippen molar-refractivity contribution in [2.75, 3.05) is 72.5 Å². The lowest BCUT2D eigenvalue weighted by molar-refractivity contribution is -0.279. The van der Waals surface area contributed by atoms with Crippen molar-refractivity contribution in [2.24, 2.45) is 0 Å². The summed E-state index contributed by atoms with van der Waals surface area (Å²) in [6.07, 6.45) is 6.10. The van der Waals surface area contributed by atoms with Gasteiger partial charge in [-0.1, -0.05) is 52.5 Å². The van der Waals surface area contributed by atoms with E-state index in [4.69, 9.17) is 37.9 Å². The van der Waals surface area contributed by atoms with Gasteiger partial charge in [-0.05, 0) is 32.1 Å². The van der Waals surface area contributed by atoms with Gasteiger partial charge in [0.15, 0.2) is 18.5 Å². The van der Waals surface area contributed by atoms with Crippen LogP contribution in [-0.4, -0.2) is 151 Å². The Morgan fingerprint density at radius 3 is 1.68 bits per heavy atom. The first-order valence-electron chi connectivity index (χ1n) is 23.3. The van der Waals surface area contributed by atoms with E-state index in [9.17, 15) is 38.4 Å². The molecule has 0 aromatic heterocycles. The van der Waals surface area contributed by atoms with Gasteiger partial charge < -0.3 is 64.5 Å². The molecule has 5 N–H and O–H groups in total. The fourth-order valence-electron chi connectivity index (χ4n) is 6.46. The van der Waals surface area contributed by atoms with Crippen molar-refractivity contribution in [3.63, 3.8) is 0 Å². The zero-order valence-corrected chi connectivity index (χ0v) is 40.0. The van der Waals surface area contributed by atoms with Crippen molar-refractivity contribution in [3.8, 4) is 0 Å². The molecule has 21 heteroatoms. The minimum Gasteiger partial charge on any atom is -0.463 e. The molecule has 0 aromatic rings. The Morgan fingerprint density at radius 1 is 0.545 bits per heavy atom. The second-order valence-electron chi connectivity index (χ2n) is 15.4. The van der Waals surface area contributed by atoms with Gasteiger partial charge in [-0.3, -0.25) is 38.4 Å². The molecule has 0 radical (unpaired) electrons. The lowest BCUT2D eigenvalue weighted by Crippen LogP contribution is -2.66. The van der Waals surface area contributed by atoms with Crippen LogP contribution in [-0.2, 0) is 76.3 Å². The highest BCUT2D eigenvalue weighted by Gasteiger charge is 2.51. The van der Waals surface area contributed by atoms with Crippen molar-refractivity contribution in [2.45, 2.75) is 156 Å². The summed E-state index contributed by atoms with van der Waals surface area (Å²) in [5.41, 5.74) is 0.978. The van der Waals surface area contributed by atoms with E-state index >= 15 is 0 Å². The third-order valence-electron chi connectivity index (χ3n) is 9.71. The Morgan fingerprint density at radius 2 is 1.09 bits per heavy atom. The summed E-state index contributed by atoms with van der Waals surface area (Å²) < 4.78 is 44.4. The van der Waals surface area contributed by atoms with Crippen LogP contribution in [0.1, 0.15) is 125 Å². The molecule has 1 fully saturated rings. The Kier molecular flexibility index (Phi) is 33.6. The van der Waals surface area contributed by atoms with Gasteiger partial charge in [0.25, 0.3) is 0 Å². The monoisotopic (exact) mass is 944 g/mol. The Hall–Kier alpha value is -4.70. The third-order valence-corrected chi connectivity index (χ3v) is 9.71. The van der Waals surface area contributed by atoms with Crippen LogP contribution in [0.3, 0.4) is 0 Å². The first-order chi connectivity index (χ1) is 31.7. The quantitative estimate of drug-likeness (QED) is 0.0339. The van der Waals surface area contributed by atoms with Crippen LogP contribution >= 0.6 is 0 Å².